The Bertz CT molecular complexity index is 479. The largest absolute Gasteiger partial charge is 0.364 e. The molecule has 2 heterocycles. The van der Waals surface area contributed by atoms with Gasteiger partial charge in [0.2, 0.25) is 0 Å². The Kier molecular flexibility index (Phi) is 3.68. The average Bonchev–Trinajstić information content (AvgIpc) is 2.77. The number of halogens is 1. The number of anilines is 1. The van der Waals surface area contributed by atoms with Crippen LogP contribution in [0.25, 0.3) is 0 Å². The molecule has 0 unspecified atom stereocenters. The lowest BCUT2D eigenvalue weighted by Gasteiger charge is -2.02. The fourth-order valence-electron chi connectivity index (χ4n) is 1.33. The molecule has 0 fully saturated rings. The van der Waals surface area contributed by atoms with E-state index >= 15 is 0 Å². The van der Waals surface area contributed by atoms with Gasteiger partial charge in [-0.05, 0) is 12.1 Å². The SMILES string of the molecule is CC(C)c1nc(CNc2ccc(F)cn2)cs1. The Labute approximate surface area is 104 Å². The molecule has 3 nitrogen and oxygen atoms in total. The first kappa shape index (κ1) is 12.0. The molecule has 0 amide bonds. The summed E-state index contributed by atoms with van der Waals surface area (Å²) in [7, 11) is 0. The molecule has 0 aliphatic rings. The van der Waals surface area contributed by atoms with Gasteiger partial charge in [-0.15, -0.1) is 11.3 Å². The van der Waals surface area contributed by atoms with Crippen LogP contribution in [0.4, 0.5) is 10.2 Å². The zero-order valence-electron chi connectivity index (χ0n) is 9.77. The van der Waals surface area contributed by atoms with Gasteiger partial charge in [-0.2, -0.15) is 0 Å². The van der Waals surface area contributed by atoms with Gasteiger partial charge in [-0.25, -0.2) is 14.4 Å². The Balaban J connectivity index is 1.95. The average molecular weight is 251 g/mol. The van der Waals surface area contributed by atoms with Crippen molar-refractivity contribution in [3.8, 4) is 0 Å². The molecular formula is C12H14FN3S. The third kappa shape index (κ3) is 3.23. The molecule has 0 aliphatic carbocycles. The fourth-order valence-corrected chi connectivity index (χ4v) is 2.17. The second-order valence-corrected chi connectivity index (χ2v) is 4.94. The van der Waals surface area contributed by atoms with Crippen molar-refractivity contribution < 1.29 is 4.39 Å². The number of hydrogen-bond acceptors (Lipinski definition) is 4. The Morgan fingerprint density at radius 2 is 2.24 bits per heavy atom. The number of nitrogens with one attached hydrogen (secondary N) is 1. The van der Waals surface area contributed by atoms with E-state index < -0.39 is 0 Å². The molecule has 0 atom stereocenters. The van der Waals surface area contributed by atoms with E-state index in [4.69, 9.17) is 0 Å². The minimum Gasteiger partial charge on any atom is -0.364 e. The summed E-state index contributed by atoms with van der Waals surface area (Å²) >= 11 is 1.66. The highest BCUT2D eigenvalue weighted by atomic mass is 32.1. The van der Waals surface area contributed by atoms with Gasteiger partial charge in [0, 0.05) is 11.3 Å². The number of nitrogens with zero attached hydrogens (tertiary/aromatic N) is 2. The Hall–Kier alpha value is -1.49. The van der Waals surface area contributed by atoms with Crippen molar-refractivity contribution >= 4 is 17.2 Å². The van der Waals surface area contributed by atoms with Gasteiger partial charge >= 0.3 is 0 Å². The maximum Gasteiger partial charge on any atom is 0.141 e. The standard InChI is InChI=1S/C12H14FN3S/c1-8(2)12-16-10(7-17-12)6-15-11-4-3-9(13)5-14-11/h3-5,7-8H,6H2,1-2H3,(H,14,15). The predicted molar refractivity (Wildman–Crippen MR) is 67.7 cm³/mol. The number of hydrogen-bond donors (Lipinski definition) is 1. The molecule has 2 aromatic rings. The first-order valence-electron chi connectivity index (χ1n) is 5.45. The monoisotopic (exact) mass is 251 g/mol. The normalized spacial score (nSPS) is 10.8. The molecule has 0 spiro atoms. The summed E-state index contributed by atoms with van der Waals surface area (Å²) in [6, 6.07) is 3.00. The Morgan fingerprint density at radius 1 is 1.41 bits per heavy atom. The molecule has 2 rings (SSSR count). The lowest BCUT2D eigenvalue weighted by Crippen LogP contribution is -2.02. The molecule has 5 heteroatoms. The number of thiazole rings is 1. The molecule has 2 aromatic heterocycles. The molecule has 0 bridgehead atoms. The summed E-state index contributed by atoms with van der Waals surface area (Å²) in [5.74, 6) is 0.787. The first-order valence-corrected chi connectivity index (χ1v) is 6.33. The summed E-state index contributed by atoms with van der Waals surface area (Å²) in [5, 5.41) is 6.27. The molecule has 17 heavy (non-hydrogen) atoms. The van der Waals surface area contributed by atoms with Crippen LogP contribution >= 0.6 is 11.3 Å². The molecule has 90 valence electrons. The molecule has 0 aromatic carbocycles. The van der Waals surface area contributed by atoms with Crippen LogP contribution in [0.3, 0.4) is 0 Å². The summed E-state index contributed by atoms with van der Waals surface area (Å²) in [4.78, 5) is 8.42. The van der Waals surface area contributed by atoms with Gasteiger partial charge in [-0.1, -0.05) is 13.8 Å². The third-order valence-corrected chi connectivity index (χ3v) is 3.44. The molecule has 0 saturated carbocycles. The third-order valence-electron chi connectivity index (χ3n) is 2.24. The summed E-state index contributed by atoms with van der Waals surface area (Å²) in [5.41, 5.74) is 0.991. The van der Waals surface area contributed by atoms with Crippen molar-refractivity contribution in [2.45, 2.75) is 26.3 Å². The molecule has 0 radical (unpaired) electrons. The highest BCUT2D eigenvalue weighted by Crippen LogP contribution is 2.19. The van der Waals surface area contributed by atoms with Crippen LogP contribution in [0.2, 0.25) is 0 Å². The summed E-state index contributed by atoms with van der Waals surface area (Å²) < 4.78 is 12.6. The molecule has 0 saturated heterocycles. The van der Waals surface area contributed by atoms with Crippen molar-refractivity contribution in [1.29, 1.82) is 0 Å². The minimum atomic E-state index is -0.327. The van der Waals surface area contributed by atoms with Crippen LogP contribution in [0.5, 0.6) is 0 Å². The Morgan fingerprint density at radius 3 is 2.82 bits per heavy atom. The predicted octanol–water partition coefficient (Wildman–Crippen LogP) is 3.41. The fraction of sp³-hybridized carbons (Fsp3) is 0.333. The van der Waals surface area contributed by atoms with Gasteiger partial charge in [-0.3, -0.25) is 0 Å². The first-order chi connectivity index (χ1) is 8.15. The van der Waals surface area contributed by atoms with Crippen LogP contribution in [-0.4, -0.2) is 9.97 Å². The maximum absolute atomic E-state index is 12.6. The van der Waals surface area contributed by atoms with Crippen molar-refractivity contribution in [3.63, 3.8) is 0 Å². The van der Waals surface area contributed by atoms with E-state index in [2.05, 4.69) is 29.1 Å². The van der Waals surface area contributed by atoms with Crippen LogP contribution in [0, 0.1) is 5.82 Å². The van der Waals surface area contributed by atoms with E-state index in [1.165, 1.54) is 12.3 Å². The van der Waals surface area contributed by atoms with Crippen LogP contribution in [0.1, 0.15) is 30.5 Å². The van der Waals surface area contributed by atoms with Gasteiger partial charge in [0.25, 0.3) is 0 Å². The van der Waals surface area contributed by atoms with E-state index in [1.807, 2.05) is 5.38 Å². The highest BCUT2D eigenvalue weighted by molar-refractivity contribution is 7.09. The summed E-state index contributed by atoms with van der Waals surface area (Å²) in [6.45, 7) is 4.86. The second kappa shape index (κ2) is 5.23. The topological polar surface area (TPSA) is 37.8 Å². The molecule has 0 aliphatic heterocycles. The number of aromatic nitrogens is 2. The second-order valence-electron chi connectivity index (χ2n) is 4.05. The highest BCUT2D eigenvalue weighted by Gasteiger charge is 2.05. The number of rotatable bonds is 4. The van der Waals surface area contributed by atoms with Gasteiger partial charge in [0.05, 0.1) is 23.4 Å². The smallest absolute Gasteiger partial charge is 0.141 e. The quantitative estimate of drug-likeness (QED) is 0.904. The van der Waals surface area contributed by atoms with Gasteiger partial charge < -0.3 is 5.32 Å². The van der Waals surface area contributed by atoms with Gasteiger partial charge in [0.15, 0.2) is 0 Å². The van der Waals surface area contributed by atoms with Crippen molar-refractivity contribution in [1.82, 2.24) is 9.97 Å². The van der Waals surface area contributed by atoms with Crippen LogP contribution < -0.4 is 5.32 Å². The van der Waals surface area contributed by atoms with E-state index in [0.717, 1.165) is 10.7 Å². The van der Waals surface area contributed by atoms with E-state index in [0.29, 0.717) is 18.3 Å². The molecule has 1 N–H and O–H groups in total. The van der Waals surface area contributed by atoms with E-state index in [-0.39, 0.29) is 5.82 Å². The van der Waals surface area contributed by atoms with Gasteiger partial charge in [0.1, 0.15) is 11.6 Å². The lowest BCUT2D eigenvalue weighted by molar-refractivity contribution is 0.621. The zero-order chi connectivity index (χ0) is 12.3. The van der Waals surface area contributed by atoms with Crippen molar-refractivity contribution in [2.24, 2.45) is 0 Å². The zero-order valence-corrected chi connectivity index (χ0v) is 10.6. The van der Waals surface area contributed by atoms with Crippen LogP contribution in [0.15, 0.2) is 23.7 Å². The summed E-state index contributed by atoms with van der Waals surface area (Å²) in [6.07, 6.45) is 1.20. The molecular weight excluding hydrogens is 237 g/mol. The number of pyridine rings is 1. The van der Waals surface area contributed by atoms with E-state index in [1.54, 1.807) is 17.4 Å². The minimum absolute atomic E-state index is 0.327. The maximum atomic E-state index is 12.6. The van der Waals surface area contributed by atoms with Crippen molar-refractivity contribution in [3.05, 3.63) is 40.2 Å². The lowest BCUT2D eigenvalue weighted by atomic mass is 10.2. The van der Waals surface area contributed by atoms with E-state index in [9.17, 15) is 4.39 Å². The van der Waals surface area contributed by atoms with Crippen molar-refractivity contribution in [2.75, 3.05) is 5.32 Å². The van der Waals surface area contributed by atoms with Crippen LogP contribution in [-0.2, 0) is 6.54 Å².